The fourth-order valence-corrected chi connectivity index (χ4v) is 4.17. The van der Waals surface area contributed by atoms with Crippen LogP contribution in [0.2, 0.25) is 5.02 Å². The molecule has 0 N–H and O–H groups in total. The van der Waals surface area contributed by atoms with E-state index in [1.807, 2.05) is 24.3 Å². The summed E-state index contributed by atoms with van der Waals surface area (Å²) in [7, 11) is 4.16. The van der Waals surface area contributed by atoms with E-state index >= 15 is 0 Å². The molecule has 0 amide bonds. The monoisotopic (exact) mass is 434 g/mol. The molecule has 0 aliphatic rings. The zero-order valence-corrected chi connectivity index (χ0v) is 18.9. The van der Waals surface area contributed by atoms with E-state index in [-0.39, 0.29) is 6.04 Å². The van der Waals surface area contributed by atoms with Crippen LogP contribution in [0.3, 0.4) is 0 Å². The molecule has 1 aromatic carbocycles. The Balaban J connectivity index is 1.77. The Labute approximate surface area is 180 Å². The van der Waals surface area contributed by atoms with E-state index in [9.17, 15) is 0 Å². The molecule has 0 aliphatic carbocycles. The molecule has 0 aliphatic heterocycles. The number of aromatic nitrogens is 5. The van der Waals surface area contributed by atoms with Gasteiger partial charge >= 0.3 is 0 Å². The van der Waals surface area contributed by atoms with E-state index in [1.165, 1.54) is 0 Å². The molecule has 1 unspecified atom stereocenters. The lowest BCUT2D eigenvalue weighted by atomic mass is 10.2. The van der Waals surface area contributed by atoms with Gasteiger partial charge in [-0.2, -0.15) is 0 Å². The summed E-state index contributed by atoms with van der Waals surface area (Å²) in [5, 5.41) is 18.7. The number of rotatable bonds is 10. The van der Waals surface area contributed by atoms with Crippen LogP contribution in [0.1, 0.15) is 50.9 Å². The Morgan fingerprint density at radius 2 is 1.93 bits per heavy atom. The molecule has 29 heavy (non-hydrogen) atoms. The van der Waals surface area contributed by atoms with Crippen molar-refractivity contribution in [2.75, 3.05) is 14.1 Å². The molecule has 2 aromatic heterocycles. The second kappa shape index (κ2) is 10.2. The number of unbranched alkanes of at least 4 members (excludes halogenated alkanes) is 1. The van der Waals surface area contributed by atoms with E-state index in [0.717, 1.165) is 42.4 Å². The highest BCUT2D eigenvalue weighted by molar-refractivity contribution is 7.98. The summed E-state index contributed by atoms with van der Waals surface area (Å²) in [6, 6.07) is 7.68. The van der Waals surface area contributed by atoms with Gasteiger partial charge in [-0.15, -0.1) is 20.4 Å². The van der Waals surface area contributed by atoms with Gasteiger partial charge in [-0.3, -0.25) is 4.90 Å². The minimum absolute atomic E-state index is 0.240. The summed E-state index contributed by atoms with van der Waals surface area (Å²) >= 11 is 7.79. The van der Waals surface area contributed by atoms with Gasteiger partial charge in [-0.05, 0) is 39.1 Å². The van der Waals surface area contributed by atoms with Gasteiger partial charge in [-0.25, -0.2) is 0 Å². The Hall–Kier alpha value is -1.90. The minimum atomic E-state index is 0.240. The zero-order valence-electron chi connectivity index (χ0n) is 17.3. The van der Waals surface area contributed by atoms with Gasteiger partial charge in [0.15, 0.2) is 11.0 Å². The molecule has 7 nitrogen and oxygen atoms in total. The molecule has 1 atom stereocenters. The Bertz CT molecular complexity index is 925. The lowest BCUT2D eigenvalue weighted by Gasteiger charge is -2.23. The van der Waals surface area contributed by atoms with Crippen molar-refractivity contribution in [2.24, 2.45) is 0 Å². The van der Waals surface area contributed by atoms with Crippen LogP contribution in [0.4, 0.5) is 0 Å². The van der Waals surface area contributed by atoms with Crippen molar-refractivity contribution in [3.05, 3.63) is 41.0 Å². The highest BCUT2D eigenvalue weighted by Gasteiger charge is 2.22. The van der Waals surface area contributed by atoms with Crippen molar-refractivity contribution >= 4 is 23.4 Å². The normalized spacial score (nSPS) is 12.6. The summed E-state index contributed by atoms with van der Waals surface area (Å²) < 4.78 is 8.04. The topological polar surface area (TPSA) is 72.9 Å². The van der Waals surface area contributed by atoms with Crippen LogP contribution in [-0.4, -0.2) is 44.0 Å². The first-order valence-electron chi connectivity index (χ1n) is 9.84. The predicted octanol–water partition coefficient (Wildman–Crippen LogP) is 5.09. The maximum absolute atomic E-state index is 6.22. The minimum Gasteiger partial charge on any atom is -0.420 e. The van der Waals surface area contributed by atoms with Crippen LogP contribution in [0.15, 0.2) is 33.8 Å². The van der Waals surface area contributed by atoms with Crippen LogP contribution in [0.5, 0.6) is 0 Å². The van der Waals surface area contributed by atoms with Gasteiger partial charge < -0.3 is 8.98 Å². The first-order chi connectivity index (χ1) is 14.0. The molecule has 0 saturated heterocycles. The van der Waals surface area contributed by atoms with Crippen molar-refractivity contribution in [3.63, 3.8) is 0 Å². The number of hydrogen-bond acceptors (Lipinski definition) is 7. The number of thioether (sulfide) groups is 1. The molecule has 0 radical (unpaired) electrons. The third-order valence-corrected chi connectivity index (χ3v) is 5.97. The van der Waals surface area contributed by atoms with Gasteiger partial charge in [0.2, 0.25) is 11.8 Å². The maximum atomic E-state index is 6.22. The third-order valence-electron chi connectivity index (χ3n) is 4.68. The molecular weight excluding hydrogens is 408 g/mol. The van der Waals surface area contributed by atoms with Gasteiger partial charge in [0.25, 0.3) is 0 Å². The average molecular weight is 435 g/mol. The van der Waals surface area contributed by atoms with E-state index < -0.39 is 0 Å². The van der Waals surface area contributed by atoms with Gasteiger partial charge in [-0.1, -0.05) is 55.8 Å². The maximum Gasteiger partial charge on any atom is 0.249 e. The number of halogens is 1. The average Bonchev–Trinajstić information content (AvgIpc) is 3.33. The summed E-state index contributed by atoms with van der Waals surface area (Å²) in [4.78, 5) is 2.19. The Morgan fingerprint density at radius 1 is 1.14 bits per heavy atom. The molecule has 0 spiro atoms. The van der Waals surface area contributed by atoms with Crippen LogP contribution in [-0.2, 0) is 12.3 Å². The fourth-order valence-electron chi connectivity index (χ4n) is 3.14. The molecule has 3 rings (SSSR count). The van der Waals surface area contributed by atoms with Crippen molar-refractivity contribution in [3.8, 4) is 11.5 Å². The van der Waals surface area contributed by atoms with Crippen LogP contribution >= 0.6 is 23.4 Å². The van der Waals surface area contributed by atoms with Crippen LogP contribution < -0.4 is 0 Å². The predicted molar refractivity (Wildman–Crippen MR) is 116 cm³/mol. The summed E-state index contributed by atoms with van der Waals surface area (Å²) in [5.74, 6) is 2.50. The van der Waals surface area contributed by atoms with E-state index in [1.54, 1.807) is 11.8 Å². The van der Waals surface area contributed by atoms with Crippen molar-refractivity contribution in [1.29, 1.82) is 0 Å². The number of nitrogens with zero attached hydrogens (tertiary/aromatic N) is 6. The SMILES string of the molecule is CCCCn1c(SCc2nnc(-c3ccccc3Cl)o2)nnc1C(CC)N(C)C. The van der Waals surface area contributed by atoms with E-state index in [0.29, 0.717) is 22.6 Å². The van der Waals surface area contributed by atoms with Gasteiger partial charge in [0, 0.05) is 6.54 Å². The number of hydrogen-bond donors (Lipinski definition) is 0. The molecule has 156 valence electrons. The summed E-state index contributed by atoms with van der Waals surface area (Å²) in [5.41, 5.74) is 0.739. The van der Waals surface area contributed by atoms with Gasteiger partial charge in [0.05, 0.1) is 22.4 Å². The van der Waals surface area contributed by atoms with Crippen molar-refractivity contribution in [2.45, 2.75) is 56.6 Å². The van der Waals surface area contributed by atoms with Crippen molar-refractivity contribution < 1.29 is 4.42 Å². The quantitative estimate of drug-likeness (QED) is 0.411. The highest BCUT2D eigenvalue weighted by atomic mass is 35.5. The largest absolute Gasteiger partial charge is 0.420 e. The Kier molecular flexibility index (Phi) is 7.69. The first-order valence-corrected chi connectivity index (χ1v) is 11.2. The van der Waals surface area contributed by atoms with E-state index in [2.05, 4.69) is 57.8 Å². The zero-order chi connectivity index (χ0) is 20.8. The van der Waals surface area contributed by atoms with Crippen molar-refractivity contribution in [1.82, 2.24) is 29.9 Å². The number of benzene rings is 1. The lowest BCUT2D eigenvalue weighted by molar-refractivity contribution is 0.270. The molecule has 9 heteroatoms. The highest BCUT2D eigenvalue weighted by Crippen LogP contribution is 2.30. The van der Waals surface area contributed by atoms with Crippen LogP contribution in [0, 0.1) is 0 Å². The summed E-state index contributed by atoms with van der Waals surface area (Å²) in [6.07, 6.45) is 3.18. The lowest BCUT2D eigenvalue weighted by Crippen LogP contribution is -2.23. The Morgan fingerprint density at radius 3 is 2.62 bits per heavy atom. The molecule has 3 aromatic rings. The van der Waals surface area contributed by atoms with Crippen LogP contribution in [0.25, 0.3) is 11.5 Å². The summed E-state index contributed by atoms with van der Waals surface area (Å²) in [6.45, 7) is 5.26. The smallest absolute Gasteiger partial charge is 0.249 e. The first kappa shape index (κ1) is 21.8. The second-order valence-electron chi connectivity index (χ2n) is 7.00. The third kappa shape index (κ3) is 5.18. The molecular formula is C20H27ClN6OS. The molecule has 2 heterocycles. The fraction of sp³-hybridized carbons (Fsp3) is 0.500. The second-order valence-corrected chi connectivity index (χ2v) is 8.35. The standard InChI is InChI=1S/C20H27ClN6OS/c1-5-7-12-27-18(16(6-2)26(3)4)23-25-20(27)29-13-17-22-24-19(28-17)14-10-8-9-11-15(14)21/h8-11,16H,5-7,12-13H2,1-4H3. The van der Waals surface area contributed by atoms with Gasteiger partial charge in [0.1, 0.15) is 0 Å². The molecule has 0 bridgehead atoms. The molecule has 0 saturated carbocycles. The van der Waals surface area contributed by atoms with E-state index in [4.69, 9.17) is 16.0 Å². The molecule has 0 fully saturated rings.